The van der Waals surface area contributed by atoms with Gasteiger partial charge in [-0.25, -0.2) is 4.98 Å². The molecule has 0 radical (unpaired) electrons. The molecule has 23 heavy (non-hydrogen) atoms. The van der Waals surface area contributed by atoms with Gasteiger partial charge < -0.3 is 10.2 Å². The standard InChI is InChI=1S/C16H25N3OS.2ClH/c1-2-15-18-14(11-21-15)9-16(20)19-7-5-13(6-8-19)17-10-12-3-4-12;;/h11-13,17H,2-10H2,1H3;2*1H. The van der Waals surface area contributed by atoms with Crippen molar-refractivity contribution in [2.75, 3.05) is 19.6 Å². The first kappa shape index (κ1) is 20.7. The Morgan fingerprint density at radius 2 is 2.00 bits per heavy atom. The molecule has 0 aromatic carbocycles. The molecule has 7 heteroatoms. The lowest BCUT2D eigenvalue weighted by Crippen LogP contribution is -2.45. The first-order chi connectivity index (χ1) is 10.2. The molecule has 1 saturated carbocycles. The number of aryl methyl sites for hydroxylation is 1. The van der Waals surface area contributed by atoms with Crippen molar-refractivity contribution in [3.8, 4) is 0 Å². The van der Waals surface area contributed by atoms with Crippen LogP contribution >= 0.6 is 36.2 Å². The maximum absolute atomic E-state index is 12.3. The Labute approximate surface area is 155 Å². The summed E-state index contributed by atoms with van der Waals surface area (Å²) in [6, 6.07) is 0.612. The summed E-state index contributed by atoms with van der Waals surface area (Å²) in [5.74, 6) is 1.17. The lowest BCUT2D eigenvalue weighted by atomic mass is 10.0. The zero-order valence-electron chi connectivity index (χ0n) is 13.6. The highest BCUT2D eigenvalue weighted by atomic mass is 35.5. The molecule has 2 fully saturated rings. The smallest absolute Gasteiger partial charge is 0.228 e. The molecule has 1 saturated heterocycles. The van der Waals surface area contributed by atoms with E-state index < -0.39 is 0 Å². The van der Waals surface area contributed by atoms with Crippen LogP contribution in [-0.4, -0.2) is 41.5 Å². The number of halogens is 2. The van der Waals surface area contributed by atoms with E-state index in [4.69, 9.17) is 0 Å². The average Bonchev–Trinajstić information content (AvgIpc) is 3.24. The molecule has 0 bridgehead atoms. The minimum Gasteiger partial charge on any atom is -0.342 e. The molecular weight excluding hydrogens is 353 g/mol. The van der Waals surface area contributed by atoms with Gasteiger partial charge in [0.1, 0.15) is 0 Å². The minimum absolute atomic E-state index is 0. The molecule has 4 nitrogen and oxygen atoms in total. The highest BCUT2D eigenvalue weighted by Gasteiger charge is 2.26. The van der Waals surface area contributed by atoms with Crippen LogP contribution in [0.15, 0.2) is 5.38 Å². The Morgan fingerprint density at radius 1 is 1.30 bits per heavy atom. The molecule has 132 valence electrons. The van der Waals surface area contributed by atoms with Crippen LogP contribution in [0.1, 0.15) is 43.3 Å². The third kappa shape index (κ3) is 6.22. The Bertz CT molecular complexity index is 485. The first-order valence-electron chi connectivity index (χ1n) is 8.19. The predicted molar refractivity (Wildman–Crippen MR) is 100 cm³/mol. The second kappa shape index (κ2) is 9.82. The number of hydrogen-bond acceptors (Lipinski definition) is 4. The third-order valence-electron chi connectivity index (χ3n) is 4.47. The number of likely N-dealkylation sites (tertiary alicyclic amines) is 1. The van der Waals surface area contributed by atoms with Crippen LogP contribution in [0.4, 0.5) is 0 Å². The molecule has 1 aliphatic carbocycles. The molecule has 3 rings (SSSR count). The monoisotopic (exact) mass is 379 g/mol. The second-order valence-corrected chi connectivity index (χ2v) is 7.21. The highest BCUT2D eigenvalue weighted by Crippen LogP contribution is 2.28. The lowest BCUT2D eigenvalue weighted by Gasteiger charge is -2.32. The summed E-state index contributed by atoms with van der Waals surface area (Å²) in [6.45, 7) is 5.07. The van der Waals surface area contributed by atoms with E-state index in [0.29, 0.717) is 12.5 Å². The van der Waals surface area contributed by atoms with Crippen molar-refractivity contribution in [1.82, 2.24) is 15.2 Å². The molecule has 1 N–H and O–H groups in total. The zero-order valence-corrected chi connectivity index (χ0v) is 16.1. The fourth-order valence-corrected chi connectivity index (χ4v) is 3.59. The Kier molecular flexibility index (Phi) is 8.83. The van der Waals surface area contributed by atoms with Gasteiger partial charge >= 0.3 is 0 Å². The molecule has 2 aliphatic rings. The van der Waals surface area contributed by atoms with E-state index in [-0.39, 0.29) is 30.7 Å². The second-order valence-electron chi connectivity index (χ2n) is 6.27. The van der Waals surface area contributed by atoms with Gasteiger partial charge in [0.25, 0.3) is 0 Å². The molecule has 1 amide bonds. The van der Waals surface area contributed by atoms with Crippen molar-refractivity contribution >= 4 is 42.1 Å². The number of rotatable bonds is 6. The number of thiazole rings is 1. The van der Waals surface area contributed by atoms with Gasteiger partial charge in [-0.3, -0.25) is 4.79 Å². The zero-order chi connectivity index (χ0) is 14.7. The molecule has 2 heterocycles. The van der Waals surface area contributed by atoms with Gasteiger partial charge in [-0.05, 0) is 44.6 Å². The molecular formula is C16H27Cl2N3OS. The van der Waals surface area contributed by atoms with Gasteiger partial charge in [0.05, 0.1) is 17.1 Å². The maximum atomic E-state index is 12.3. The van der Waals surface area contributed by atoms with Gasteiger partial charge in [0, 0.05) is 24.5 Å². The number of hydrogen-bond donors (Lipinski definition) is 1. The summed E-state index contributed by atoms with van der Waals surface area (Å²) in [6.07, 6.45) is 6.41. The van der Waals surface area contributed by atoms with Gasteiger partial charge in [-0.1, -0.05) is 6.92 Å². The number of piperidine rings is 1. The Balaban J connectivity index is 0.00000132. The van der Waals surface area contributed by atoms with E-state index in [9.17, 15) is 4.79 Å². The van der Waals surface area contributed by atoms with Crippen molar-refractivity contribution < 1.29 is 4.79 Å². The minimum atomic E-state index is 0. The van der Waals surface area contributed by atoms with Crippen molar-refractivity contribution in [3.05, 3.63) is 16.1 Å². The number of carbonyl (C=O) groups excluding carboxylic acids is 1. The first-order valence-corrected chi connectivity index (χ1v) is 9.07. The van der Waals surface area contributed by atoms with Crippen LogP contribution in [0, 0.1) is 5.92 Å². The van der Waals surface area contributed by atoms with E-state index in [1.54, 1.807) is 11.3 Å². The summed E-state index contributed by atoms with van der Waals surface area (Å²) >= 11 is 1.66. The quantitative estimate of drug-likeness (QED) is 0.825. The van der Waals surface area contributed by atoms with E-state index >= 15 is 0 Å². The third-order valence-corrected chi connectivity index (χ3v) is 5.52. The van der Waals surface area contributed by atoms with E-state index in [1.807, 2.05) is 10.3 Å². The molecule has 0 unspecified atom stereocenters. The summed E-state index contributed by atoms with van der Waals surface area (Å²) in [4.78, 5) is 18.8. The number of carbonyl (C=O) groups is 1. The molecule has 1 aliphatic heterocycles. The van der Waals surface area contributed by atoms with Crippen molar-refractivity contribution in [1.29, 1.82) is 0 Å². The van der Waals surface area contributed by atoms with Crippen molar-refractivity contribution in [2.24, 2.45) is 5.92 Å². The molecule has 0 atom stereocenters. The van der Waals surface area contributed by atoms with Gasteiger partial charge in [-0.15, -0.1) is 36.2 Å². The predicted octanol–water partition coefficient (Wildman–Crippen LogP) is 3.08. The van der Waals surface area contributed by atoms with E-state index in [2.05, 4.69) is 17.2 Å². The summed E-state index contributed by atoms with van der Waals surface area (Å²) in [5.41, 5.74) is 0.941. The van der Waals surface area contributed by atoms with E-state index in [1.165, 1.54) is 19.4 Å². The fourth-order valence-electron chi connectivity index (χ4n) is 2.85. The lowest BCUT2D eigenvalue weighted by molar-refractivity contribution is -0.131. The van der Waals surface area contributed by atoms with Crippen LogP contribution in [0.5, 0.6) is 0 Å². The maximum Gasteiger partial charge on any atom is 0.228 e. The summed E-state index contributed by atoms with van der Waals surface area (Å²) in [5, 5.41) is 6.81. The van der Waals surface area contributed by atoms with Crippen LogP contribution in [-0.2, 0) is 17.6 Å². The van der Waals surface area contributed by atoms with Gasteiger partial charge in [-0.2, -0.15) is 0 Å². The van der Waals surface area contributed by atoms with Gasteiger partial charge in [0.15, 0.2) is 0 Å². The number of amides is 1. The summed E-state index contributed by atoms with van der Waals surface area (Å²) in [7, 11) is 0. The van der Waals surface area contributed by atoms with Crippen molar-refractivity contribution in [2.45, 2.75) is 51.5 Å². The van der Waals surface area contributed by atoms with Crippen molar-refractivity contribution in [3.63, 3.8) is 0 Å². The van der Waals surface area contributed by atoms with Crippen LogP contribution in [0.25, 0.3) is 0 Å². The fraction of sp³-hybridized carbons (Fsp3) is 0.750. The normalized spacial score (nSPS) is 18.2. The Hall–Kier alpha value is -0.360. The molecule has 1 aromatic rings. The van der Waals surface area contributed by atoms with Crippen LogP contribution in [0.3, 0.4) is 0 Å². The summed E-state index contributed by atoms with van der Waals surface area (Å²) < 4.78 is 0. The number of aromatic nitrogens is 1. The molecule has 0 spiro atoms. The molecule has 1 aromatic heterocycles. The number of nitrogens with zero attached hydrogens (tertiary/aromatic N) is 2. The topological polar surface area (TPSA) is 45.2 Å². The average molecular weight is 380 g/mol. The van der Waals surface area contributed by atoms with Gasteiger partial charge in [0.2, 0.25) is 5.91 Å². The SMILES string of the molecule is CCc1nc(CC(=O)N2CCC(NCC3CC3)CC2)cs1.Cl.Cl. The van der Waals surface area contributed by atoms with Crippen LogP contribution in [0.2, 0.25) is 0 Å². The largest absolute Gasteiger partial charge is 0.342 e. The Morgan fingerprint density at radius 3 is 2.57 bits per heavy atom. The van der Waals surface area contributed by atoms with Crippen LogP contribution < -0.4 is 5.32 Å². The number of nitrogens with one attached hydrogen (secondary N) is 1. The van der Waals surface area contributed by atoms with E-state index in [0.717, 1.165) is 49.0 Å². The highest BCUT2D eigenvalue weighted by molar-refractivity contribution is 7.09.